The van der Waals surface area contributed by atoms with Crippen LogP contribution in [0, 0.1) is 0 Å². The fraction of sp³-hybridized carbons (Fsp3) is 0.222. The van der Waals surface area contributed by atoms with Gasteiger partial charge in [0.15, 0.2) is 0 Å². The molecule has 3 aromatic rings. The Morgan fingerprint density at radius 1 is 0.946 bits per heavy atom. The normalized spacial score (nSPS) is 15.2. The molecule has 10 heteroatoms. The van der Waals surface area contributed by atoms with Gasteiger partial charge in [-0.05, 0) is 54.4 Å². The topological polar surface area (TPSA) is 44.8 Å². The van der Waals surface area contributed by atoms with E-state index in [-0.39, 0.29) is 29.5 Å². The highest BCUT2D eigenvalue weighted by atomic mass is 79.9. The van der Waals surface area contributed by atoms with E-state index in [4.69, 9.17) is 51.1 Å². The minimum absolute atomic E-state index is 0. The van der Waals surface area contributed by atoms with Crippen LogP contribution in [0.5, 0.6) is 0 Å². The van der Waals surface area contributed by atoms with Gasteiger partial charge in [-0.2, -0.15) is 0 Å². The molecule has 0 radical (unpaired) electrons. The molecule has 1 heterocycles. The number of carbonyl (C=O) groups excluding carboxylic acids is 1. The largest absolute Gasteiger partial charge is 0.365 e. The summed E-state index contributed by atoms with van der Waals surface area (Å²) in [7, 11) is 0. The Kier molecular flexibility index (Phi) is 11.0. The molecule has 0 fully saturated rings. The van der Waals surface area contributed by atoms with Crippen molar-refractivity contribution in [2.45, 2.75) is 31.2 Å². The SMILES string of the molecule is Br.CC(C(=O)Nc1ccccc1)N1C=CN(C(Cl)C(OCc2ccc(Cl)cc2Cl)c2ccc(Cl)cc2)C1. The summed E-state index contributed by atoms with van der Waals surface area (Å²) < 4.78 is 6.30. The predicted molar refractivity (Wildman–Crippen MR) is 158 cm³/mol. The van der Waals surface area contributed by atoms with Gasteiger partial charge in [-0.3, -0.25) is 4.79 Å². The van der Waals surface area contributed by atoms with E-state index in [9.17, 15) is 4.79 Å². The number of ether oxygens (including phenoxy) is 1. The summed E-state index contributed by atoms with van der Waals surface area (Å²) >= 11 is 25.5. The highest BCUT2D eigenvalue weighted by Gasteiger charge is 2.32. The zero-order chi connectivity index (χ0) is 25.7. The summed E-state index contributed by atoms with van der Waals surface area (Å²) in [4.78, 5) is 16.6. The van der Waals surface area contributed by atoms with Crippen LogP contribution in [0.3, 0.4) is 0 Å². The molecule has 196 valence electrons. The smallest absolute Gasteiger partial charge is 0.246 e. The van der Waals surface area contributed by atoms with E-state index in [1.807, 2.05) is 77.7 Å². The van der Waals surface area contributed by atoms with Crippen LogP contribution in [-0.4, -0.2) is 33.9 Å². The maximum absolute atomic E-state index is 12.8. The third-order valence-corrected chi connectivity index (χ3v) is 7.21. The van der Waals surface area contributed by atoms with Crippen LogP contribution in [0.15, 0.2) is 85.2 Å². The minimum atomic E-state index is -0.567. The molecule has 0 bridgehead atoms. The highest BCUT2D eigenvalue weighted by Crippen LogP contribution is 2.33. The van der Waals surface area contributed by atoms with E-state index >= 15 is 0 Å². The molecular formula is C27H26BrCl4N3O2. The van der Waals surface area contributed by atoms with Crippen molar-refractivity contribution in [3.63, 3.8) is 0 Å². The van der Waals surface area contributed by atoms with Crippen LogP contribution in [0.2, 0.25) is 15.1 Å². The van der Waals surface area contributed by atoms with Gasteiger partial charge < -0.3 is 19.9 Å². The van der Waals surface area contributed by atoms with Gasteiger partial charge in [0.05, 0.1) is 13.3 Å². The average Bonchev–Trinajstić information content (AvgIpc) is 3.36. The molecule has 3 aromatic carbocycles. The Morgan fingerprint density at radius 3 is 2.27 bits per heavy atom. The second-order valence-electron chi connectivity index (χ2n) is 8.39. The number of anilines is 1. The summed E-state index contributed by atoms with van der Waals surface area (Å²) in [6, 6.07) is 21.6. The number of benzene rings is 3. The summed E-state index contributed by atoms with van der Waals surface area (Å²) in [5.74, 6) is -0.110. The molecule has 1 N–H and O–H groups in total. The van der Waals surface area contributed by atoms with Crippen LogP contribution in [0.25, 0.3) is 0 Å². The first-order valence-corrected chi connectivity index (χ1v) is 12.9. The van der Waals surface area contributed by atoms with E-state index in [0.29, 0.717) is 21.7 Å². The van der Waals surface area contributed by atoms with Crippen molar-refractivity contribution >= 4 is 75.0 Å². The van der Waals surface area contributed by atoms with Crippen LogP contribution in [0.1, 0.15) is 24.2 Å². The number of nitrogens with one attached hydrogen (secondary N) is 1. The molecule has 3 atom stereocenters. The van der Waals surface area contributed by atoms with Crippen molar-refractivity contribution in [3.05, 3.63) is 111 Å². The third-order valence-electron chi connectivity index (χ3n) is 5.89. The van der Waals surface area contributed by atoms with Crippen molar-refractivity contribution in [3.8, 4) is 0 Å². The Hall–Kier alpha value is -1.93. The number of halogens is 5. The number of rotatable bonds is 9. The van der Waals surface area contributed by atoms with Crippen molar-refractivity contribution in [1.29, 1.82) is 0 Å². The summed E-state index contributed by atoms with van der Waals surface area (Å²) in [5.41, 5.74) is 1.85. The number of alkyl halides is 1. The molecule has 1 aliphatic heterocycles. The Morgan fingerprint density at radius 2 is 1.59 bits per heavy atom. The molecule has 0 saturated heterocycles. The van der Waals surface area contributed by atoms with Crippen molar-refractivity contribution < 1.29 is 9.53 Å². The molecule has 4 rings (SSSR count). The minimum Gasteiger partial charge on any atom is -0.365 e. The molecule has 37 heavy (non-hydrogen) atoms. The van der Waals surface area contributed by atoms with Crippen LogP contribution >= 0.6 is 63.4 Å². The molecule has 1 aliphatic rings. The maximum Gasteiger partial charge on any atom is 0.246 e. The number of nitrogens with zero attached hydrogens (tertiary/aromatic N) is 2. The lowest BCUT2D eigenvalue weighted by Crippen LogP contribution is -2.42. The maximum atomic E-state index is 12.8. The summed E-state index contributed by atoms with van der Waals surface area (Å²) in [5, 5.41) is 4.64. The quantitative estimate of drug-likeness (QED) is 0.189. The molecule has 1 amide bonds. The van der Waals surface area contributed by atoms with Gasteiger partial charge in [-0.25, -0.2) is 0 Å². The van der Waals surface area contributed by atoms with Crippen molar-refractivity contribution in [1.82, 2.24) is 9.80 Å². The number of amides is 1. The van der Waals surface area contributed by atoms with E-state index in [2.05, 4.69) is 5.32 Å². The first kappa shape index (κ1) is 29.6. The third kappa shape index (κ3) is 7.79. The highest BCUT2D eigenvalue weighted by molar-refractivity contribution is 8.93. The second-order valence-corrected chi connectivity index (χ2v) is 10.1. The van der Waals surface area contributed by atoms with Gasteiger partial charge in [0.25, 0.3) is 0 Å². The molecule has 0 aliphatic carbocycles. The van der Waals surface area contributed by atoms with Gasteiger partial charge in [0.2, 0.25) is 5.91 Å². The number of para-hydroxylation sites is 1. The Labute approximate surface area is 247 Å². The second kappa shape index (κ2) is 13.7. The first-order chi connectivity index (χ1) is 17.3. The molecule has 0 aromatic heterocycles. The molecule has 0 spiro atoms. The predicted octanol–water partition coefficient (Wildman–Crippen LogP) is 8.12. The Bertz CT molecular complexity index is 1210. The lowest BCUT2D eigenvalue weighted by molar-refractivity contribution is -0.120. The van der Waals surface area contributed by atoms with Crippen LogP contribution < -0.4 is 5.32 Å². The fourth-order valence-corrected chi connectivity index (χ4v) is 4.70. The van der Waals surface area contributed by atoms with Gasteiger partial charge in [-0.15, -0.1) is 17.0 Å². The summed E-state index contributed by atoms with van der Waals surface area (Å²) in [6.45, 7) is 2.52. The molecule has 3 unspecified atom stereocenters. The zero-order valence-corrected chi connectivity index (χ0v) is 24.6. The molecular weight excluding hydrogens is 620 g/mol. The van der Waals surface area contributed by atoms with Gasteiger partial charge >= 0.3 is 0 Å². The first-order valence-electron chi connectivity index (χ1n) is 11.3. The number of hydrogen-bond donors (Lipinski definition) is 1. The van der Waals surface area contributed by atoms with E-state index in [1.165, 1.54) is 0 Å². The average molecular weight is 646 g/mol. The summed E-state index contributed by atoms with van der Waals surface area (Å²) in [6.07, 6.45) is 3.22. The molecule has 0 saturated carbocycles. The molecule has 5 nitrogen and oxygen atoms in total. The number of hydrogen-bond acceptors (Lipinski definition) is 4. The zero-order valence-electron chi connectivity index (χ0n) is 19.9. The van der Waals surface area contributed by atoms with E-state index < -0.39 is 17.6 Å². The van der Waals surface area contributed by atoms with E-state index in [0.717, 1.165) is 16.8 Å². The van der Waals surface area contributed by atoms with Gasteiger partial charge in [0, 0.05) is 33.2 Å². The lowest BCUT2D eigenvalue weighted by Gasteiger charge is -2.33. The number of carbonyl (C=O) groups is 1. The van der Waals surface area contributed by atoms with Gasteiger partial charge in [0.1, 0.15) is 17.6 Å². The van der Waals surface area contributed by atoms with Crippen LogP contribution in [-0.2, 0) is 16.1 Å². The van der Waals surface area contributed by atoms with Crippen molar-refractivity contribution in [2.75, 3.05) is 12.0 Å². The standard InChI is InChI=1S/C27H25Cl4N3O2.BrH/c1-18(27(35)32-23-5-3-2-4-6-23)33-13-14-34(17-33)26(31)25(19-7-10-21(28)11-8-19)36-16-20-9-12-22(29)15-24(20)30;/h2-15,18,25-26H,16-17H2,1H3,(H,32,35);1H. The van der Waals surface area contributed by atoms with E-state index in [1.54, 1.807) is 24.3 Å². The monoisotopic (exact) mass is 643 g/mol. The lowest BCUT2D eigenvalue weighted by atomic mass is 10.1. The van der Waals surface area contributed by atoms with Crippen LogP contribution in [0.4, 0.5) is 5.69 Å². The van der Waals surface area contributed by atoms with Crippen molar-refractivity contribution in [2.24, 2.45) is 0 Å². The Balaban J connectivity index is 0.00000380. The fourth-order valence-electron chi connectivity index (χ4n) is 3.76. The van der Waals surface area contributed by atoms with Gasteiger partial charge in [-0.1, -0.05) is 82.8 Å².